The summed E-state index contributed by atoms with van der Waals surface area (Å²) in [5.41, 5.74) is 0.374. The van der Waals surface area contributed by atoms with Crippen molar-refractivity contribution in [2.45, 2.75) is 49.6 Å². The van der Waals surface area contributed by atoms with Gasteiger partial charge >= 0.3 is 0 Å². The molecule has 0 bridgehead atoms. The van der Waals surface area contributed by atoms with E-state index in [9.17, 15) is 12.8 Å². The smallest absolute Gasteiger partial charge is 0.266 e. The van der Waals surface area contributed by atoms with Gasteiger partial charge in [-0.2, -0.15) is 0 Å². The molecule has 1 aliphatic rings. The zero-order valence-electron chi connectivity index (χ0n) is 16.7. The first-order valence-electron chi connectivity index (χ1n) is 9.99. The summed E-state index contributed by atoms with van der Waals surface area (Å²) < 4.78 is 41.5. The van der Waals surface area contributed by atoms with Gasteiger partial charge in [0.25, 0.3) is 10.0 Å². The normalized spacial score (nSPS) is 17.8. The van der Waals surface area contributed by atoms with Gasteiger partial charge in [0.1, 0.15) is 10.7 Å². The highest BCUT2D eigenvalue weighted by atomic mass is 35.5. The van der Waals surface area contributed by atoms with Gasteiger partial charge in [0, 0.05) is 30.2 Å². The molecule has 1 aliphatic heterocycles. The van der Waals surface area contributed by atoms with Crippen molar-refractivity contribution in [2.24, 2.45) is 0 Å². The summed E-state index contributed by atoms with van der Waals surface area (Å²) in [5, 5.41) is 12.0. The Morgan fingerprint density at radius 1 is 1.37 bits per heavy atom. The van der Waals surface area contributed by atoms with Crippen molar-refractivity contribution in [3.05, 3.63) is 34.5 Å². The molecule has 0 saturated carbocycles. The summed E-state index contributed by atoms with van der Waals surface area (Å²) in [6.07, 6.45) is 5.75. The van der Waals surface area contributed by atoms with E-state index in [1.165, 1.54) is 19.0 Å². The molecule has 1 aromatic carbocycles. The van der Waals surface area contributed by atoms with Crippen LogP contribution in [0.3, 0.4) is 0 Å². The molecular formula is C19H27ClFN5O2S2. The molecule has 166 valence electrons. The summed E-state index contributed by atoms with van der Waals surface area (Å²) in [6.45, 7) is 4.81. The number of rotatable bonds is 11. The third kappa shape index (κ3) is 6.27. The molecular weight excluding hydrogens is 449 g/mol. The number of unbranched alkanes of at least 4 members (excludes halogenated alkanes) is 1. The van der Waals surface area contributed by atoms with Crippen molar-refractivity contribution in [3.63, 3.8) is 0 Å². The minimum Gasteiger partial charge on any atom is -0.384 e. The Kier molecular flexibility index (Phi) is 8.29. The molecule has 2 heterocycles. The van der Waals surface area contributed by atoms with E-state index in [0.29, 0.717) is 24.3 Å². The Morgan fingerprint density at radius 3 is 2.87 bits per heavy atom. The maximum Gasteiger partial charge on any atom is 0.266 e. The molecule has 0 amide bonds. The van der Waals surface area contributed by atoms with Gasteiger partial charge in [-0.1, -0.05) is 11.6 Å². The number of nitrogens with zero attached hydrogens (tertiary/aromatic N) is 1. The Labute approximate surface area is 185 Å². The topological polar surface area (TPSA) is 95.1 Å². The zero-order chi connectivity index (χ0) is 21.6. The van der Waals surface area contributed by atoms with Crippen LogP contribution >= 0.6 is 22.9 Å². The van der Waals surface area contributed by atoms with E-state index in [2.05, 4.69) is 32.6 Å². The number of benzene rings is 1. The largest absolute Gasteiger partial charge is 0.384 e. The Balaban J connectivity index is 1.47. The number of aromatic nitrogens is 1. The van der Waals surface area contributed by atoms with Gasteiger partial charge < -0.3 is 16.0 Å². The molecule has 0 radical (unpaired) electrons. The van der Waals surface area contributed by atoms with Gasteiger partial charge in [0.2, 0.25) is 0 Å². The van der Waals surface area contributed by atoms with Crippen molar-refractivity contribution in [2.75, 3.05) is 29.7 Å². The van der Waals surface area contributed by atoms with Gasteiger partial charge in [-0.15, -0.1) is 11.3 Å². The Morgan fingerprint density at radius 2 is 2.17 bits per heavy atom. The number of anilines is 2. The molecule has 1 aromatic heterocycles. The van der Waals surface area contributed by atoms with Gasteiger partial charge in [-0.25, -0.2) is 17.8 Å². The van der Waals surface area contributed by atoms with Crippen molar-refractivity contribution >= 4 is 43.8 Å². The van der Waals surface area contributed by atoms with Gasteiger partial charge in [-0.3, -0.25) is 4.72 Å². The lowest BCUT2D eigenvalue weighted by Crippen LogP contribution is -2.43. The number of hydrogen-bond donors (Lipinski definition) is 4. The van der Waals surface area contributed by atoms with Crippen molar-refractivity contribution in [1.82, 2.24) is 15.6 Å². The van der Waals surface area contributed by atoms with Crippen LogP contribution < -0.4 is 20.7 Å². The maximum atomic E-state index is 14.5. The second-order valence-electron chi connectivity index (χ2n) is 7.28. The number of nitrogens with one attached hydrogen (secondary N) is 4. The van der Waals surface area contributed by atoms with Crippen LogP contribution in [0.25, 0.3) is 0 Å². The summed E-state index contributed by atoms with van der Waals surface area (Å²) in [7, 11) is -4.10. The molecule has 11 heteroatoms. The number of halogens is 2. The van der Waals surface area contributed by atoms with Crippen LogP contribution in [0.2, 0.25) is 5.02 Å². The first-order valence-corrected chi connectivity index (χ1v) is 12.7. The third-order valence-corrected chi connectivity index (χ3v) is 7.54. The minimum absolute atomic E-state index is 0.148. The molecule has 2 aromatic rings. The summed E-state index contributed by atoms with van der Waals surface area (Å²) in [4.78, 5) is 3.34. The first kappa shape index (κ1) is 23.2. The standard InChI is InChI=1S/C19H27ClFN5O2S2/c1-13(16-5-4-8-23-16)22-6-2-3-7-24-17-12-15(21)18(11-14(17)20)30(27,28)26-19-25-9-10-29-19/h9-13,16,22-24H,2-8H2,1H3,(H,25,26)/t13-,16-/m0/s1. The number of sulfonamides is 1. The van der Waals surface area contributed by atoms with Crippen LogP contribution in [0, 0.1) is 5.82 Å². The number of hydrogen-bond acceptors (Lipinski definition) is 7. The SMILES string of the molecule is C[C@H](NCCCCNc1cc(F)c(S(=O)(=O)Nc2nccs2)cc1Cl)[C@@H]1CCCN1. The lowest BCUT2D eigenvalue weighted by Gasteiger charge is -2.20. The van der Waals surface area contributed by atoms with E-state index in [0.717, 1.165) is 49.4 Å². The van der Waals surface area contributed by atoms with Gasteiger partial charge in [0.15, 0.2) is 5.13 Å². The summed E-state index contributed by atoms with van der Waals surface area (Å²) in [6, 6.07) is 3.22. The molecule has 3 rings (SSSR count). The fourth-order valence-corrected chi connectivity index (χ4v) is 5.57. The average molecular weight is 476 g/mol. The Hall–Kier alpha value is -1.46. The molecule has 1 fully saturated rings. The van der Waals surface area contributed by atoms with E-state index in [1.807, 2.05) is 0 Å². The van der Waals surface area contributed by atoms with E-state index in [1.54, 1.807) is 5.38 Å². The fourth-order valence-electron chi connectivity index (χ4n) is 3.40. The van der Waals surface area contributed by atoms with Crippen LogP contribution in [0.4, 0.5) is 15.2 Å². The van der Waals surface area contributed by atoms with Gasteiger partial charge in [0.05, 0.1) is 10.7 Å². The van der Waals surface area contributed by atoms with Crippen LogP contribution in [0.1, 0.15) is 32.6 Å². The molecule has 4 N–H and O–H groups in total. The van der Waals surface area contributed by atoms with E-state index >= 15 is 0 Å². The predicted molar refractivity (Wildman–Crippen MR) is 121 cm³/mol. The summed E-state index contributed by atoms with van der Waals surface area (Å²) >= 11 is 7.30. The average Bonchev–Trinajstić information content (AvgIpc) is 3.40. The van der Waals surface area contributed by atoms with Crippen molar-refractivity contribution in [3.8, 4) is 0 Å². The van der Waals surface area contributed by atoms with Crippen molar-refractivity contribution < 1.29 is 12.8 Å². The van der Waals surface area contributed by atoms with Crippen LogP contribution in [-0.2, 0) is 10.0 Å². The lowest BCUT2D eigenvalue weighted by molar-refractivity contribution is 0.422. The van der Waals surface area contributed by atoms with Gasteiger partial charge in [-0.05, 0) is 57.8 Å². The molecule has 2 atom stereocenters. The fraction of sp³-hybridized carbons (Fsp3) is 0.526. The zero-order valence-corrected chi connectivity index (χ0v) is 19.1. The first-order chi connectivity index (χ1) is 14.4. The summed E-state index contributed by atoms with van der Waals surface area (Å²) in [5.74, 6) is -0.870. The molecule has 0 unspecified atom stereocenters. The van der Waals surface area contributed by atoms with E-state index in [-0.39, 0.29) is 10.2 Å². The molecule has 1 saturated heterocycles. The van der Waals surface area contributed by atoms with Crippen LogP contribution in [-0.4, -0.2) is 45.1 Å². The molecule has 30 heavy (non-hydrogen) atoms. The molecule has 0 aliphatic carbocycles. The number of thiazole rings is 1. The van der Waals surface area contributed by atoms with Crippen LogP contribution in [0.5, 0.6) is 0 Å². The highest BCUT2D eigenvalue weighted by molar-refractivity contribution is 7.93. The second kappa shape index (κ2) is 10.7. The highest BCUT2D eigenvalue weighted by Gasteiger charge is 2.22. The Bertz CT molecular complexity index is 921. The van der Waals surface area contributed by atoms with E-state index in [4.69, 9.17) is 11.6 Å². The minimum atomic E-state index is -4.10. The predicted octanol–water partition coefficient (Wildman–Crippen LogP) is 3.66. The quantitative estimate of drug-likeness (QED) is 0.370. The second-order valence-corrected chi connectivity index (χ2v) is 10.2. The maximum absolute atomic E-state index is 14.5. The van der Waals surface area contributed by atoms with Crippen molar-refractivity contribution in [1.29, 1.82) is 0 Å². The van der Waals surface area contributed by atoms with E-state index < -0.39 is 20.7 Å². The molecule has 7 nitrogen and oxygen atoms in total. The highest BCUT2D eigenvalue weighted by Crippen LogP contribution is 2.29. The lowest BCUT2D eigenvalue weighted by atomic mass is 10.1. The third-order valence-electron chi connectivity index (χ3n) is 5.05. The van der Waals surface area contributed by atoms with Crippen LogP contribution in [0.15, 0.2) is 28.6 Å². The monoisotopic (exact) mass is 475 g/mol. The molecule has 0 spiro atoms.